The number of hydrogen-bond acceptors (Lipinski definition) is 6. The van der Waals surface area contributed by atoms with Crippen LogP contribution in [0.5, 0.6) is 5.75 Å². The van der Waals surface area contributed by atoms with Crippen LogP contribution < -0.4 is 16.0 Å². The largest absolute Gasteiger partial charge is 0.497 e. The van der Waals surface area contributed by atoms with Crippen LogP contribution >= 0.6 is 22.6 Å². The summed E-state index contributed by atoms with van der Waals surface area (Å²) in [5, 5.41) is 10.9. The first kappa shape index (κ1) is 26.4. The van der Waals surface area contributed by atoms with Gasteiger partial charge >= 0.3 is 5.69 Å². The summed E-state index contributed by atoms with van der Waals surface area (Å²) in [7, 11) is 1.62. The fraction of sp³-hybridized carbons (Fsp3) is 0.241. The van der Waals surface area contributed by atoms with Crippen molar-refractivity contribution in [2.24, 2.45) is 0 Å². The molecule has 0 amide bonds. The zero-order valence-electron chi connectivity index (χ0n) is 20.6. The van der Waals surface area contributed by atoms with E-state index in [2.05, 4.69) is 4.98 Å². The molecule has 1 aliphatic rings. The van der Waals surface area contributed by atoms with Gasteiger partial charge in [-0.1, -0.05) is 72.8 Å². The molecule has 1 saturated heterocycles. The van der Waals surface area contributed by atoms with Crippen LogP contribution in [0.4, 0.5) is 0 Å². The third-order valence-corrected chi connectivity index (χ3v) is 7.53. The van der Waals surface area contributed by atoms with Crippen molar-refractivity contribution in [2.45, 2.75) is 30.5 Å². The fourth-order valence-electron chi connectivity index (χ4n) is 4.84. The predicted octanol–water partition coefficient (Wildman–Crippen LogP) is 3.81. The van der Waals surface area contributed by atoms with E-state index < -0.39 is 35.3 Å². The highest BCUT2D eigenvalue weighted by atomic mass is 127. The van der Waals surface area contributed by atoms with Crippen molar-refractivity contribution in [1.29, 1.82) is 0 Å². The highest BCUT2D eigenvalue weighted by molar-refractivity contribution is 14.1. The number of halogens is 1. The Kier molecular flexibility index (Phi) is 7.80. The Bertz CT molecular complexity index is 1450. The van der Waals surface area contributed by atoms with Gasteiger partial charge in [-0.15, -0.1) is 0 Å². The standard InChI is InChI=1S/C29H27IN2O6/c1-36-22-14-12-21(13-15-22)29(19-8-4-2-5-9-19,20-10-6-3-7-11-20)37-18-25-24(33)16-26(38-25)32-17-23(30)27(34)31-28(32)35/h2-15,17,24-26,33H,16,18H2,1H3,(H,31,34,35)/t24?,25-,26-/m0/s1. The number of aromatic amines is 1. The van der Waals surface area contributed by atoms with E-state index >= 15 is 0 Å². The molecule has 1 aliphatic heterocycles. The van der Waals surface area contributed by atoms with Crippen molar-refractivity contribution < 1.29 is 19.3 Å². The van der Waals surface area contributed by atoms with Crippen molar-refractivity contribution in [1.82, 2.24) is 9.55 Å². The molecule has 2 N–H and O–H groups in total. The average molecular weight is 626 g/mol. The van der Waals surface area contributed by atoms with E-state index in [4.69, 9.17) is 14.2 Å². The zero-order chi connectivity index (χ0) is 26.7. The molecule has 38 heavy (non-hydrogen) atoms. The minimum atomic E-state index is -1.01. The molecule has 0 saturated carbocycles. The lowest BCUT2D eigenvalue weighted by Crippen LogP contribution is -2.38. The van der Waals surface area contributed by atoms with Crippen LogP contribution in [-0.4, -0.2) is 40.6 Å². The fourth-order valence-corrected chi connectivity index (χ4v) is 5.27. The van der Waals surface area contributed by atoms with Crippen LogP contribution in [0.25, 0.3) is 0 Å². The van der Waals surface area contributed by atoms with E-state index in [0.717, 1.165) is 22.4 Å². The predicted molar refractivity (Wildman–Crippen MR) is 150 cm³/mol. The van der Waals surface area contributed by atoms with Gasteiger partial charge in [-0.2, -0.15) is 0 Å². The van der Waals surface area contributed by atoms with E-state index in [0.29, 0.717) is 3.57 Å². The molecule has 2 heterocycles. The van der Waals surface area contributed by atoms with Crippen LogP contribution in [-0.2, 0) is 15.1 Å². The smallest absolute Gasteiger partial charge is 0.330 e. The molecule has 0 aliphatic carbocycles. The summed E-state index contributed by atoms with van der Waals surface area (Å²) in [6, 6.07) is 27.5. The van der Waals surface area contributed by atoms with Gasteiger partial charge in [0.25, 0.3) is 5.56 Å². The van der Waals surface area contributed by atoms with Gasteiger partial charge in [-0.25, -0.2) is 4.79 Å². The monoisotopic (exact) mass is 626 g/mol. The molecule has 1 unspecified atom stereocenters. The number of aliphatic hydroxyl groups excluding tert-OH is 1. The summed E-state index contributed by atoms with van der Waals surface area (Å²) >= 11 is 1.86. The van der Waals surface area contributed by atoms with Gasteiger partial charge < -0.3 is 19.3 Å². The molecule has 0 radical (unpaired) electrons. The van der Waals surface area contributed by atoms with Gasteiger partial charge in [0.2, 0.25) is 0 Å². The van der Waals surface area contributed by atoms with Gasteiger partial charge in [0.05, 0.1) is 23.4 Å². The number of ether oxygens (including phenoxy) is 3. The maximum absolute atomic E-state index is 12.4. The SMILES string of the molecule is COc1ccc(C(OC[C@@H]2O[C@H](n3cc(I)c(=O)[nH]c3=O)CC2O)(c2ccccc2)c2ccccc2)cc1. The first-order valence-electron chi connectivity index (χ1n) is 12.2. The third-order valence-electron chi connectivity index (χ3n) is 6.76. The number of aliphatic hydroxyl groups is 1. The molecule has 3 atom stereocenters. The summed E-state index contributed by atoms with van der Waals surface area (Å²) < 4.78 is 20.0. The van der Waals surface area contributed by atoms with Crippen LogP contribution in [0.1, 0.15) is 29.3 Å². The van der Waals surface area contributed by atoms with Gasteiger partial charge in [0.1, 0.15) is 23.7 Å². The Hall–Kier alpha value is -3.25. The first-order valence-corrected chi connectivity index (χ1v) is 13.2. The molecule has 1 fully saturated rings. The summed E-state index contributed by atoms with van der Waals surface area (Å²) in [6.07, 6.45) is -0.696. The lowest BCUT2D eigenvalue weighted by Gasteiger charge is -2.37. The van der Waals surface area contributed by atoms with E-state index in [9.17, 15) is 14.7 Å². The Morgan fingerprint density at radius 3 is 2.13 bits per heavy atom. The van der Waals surface area contributed by atoms with Gasteiger partial charge in [-0.05, 0) is 51.4 Å². The van der Waals surface area contributed by atoms with E-state index in [1.165, 1.54) is 10.8 Å². The Balaban J connectivity index is 1.52. The molecule has 0 spiro atoms. The minimum absolute atomic E-state index is 0.0443. The molecule has 8 nitrogen and oxygen atoms in total. The second-order valence-corrected chi connectivity index (χ2v) is 10.2. The second kappa shape index (κ2) is 11.2. The van der Waals surface area contributed by atoms with Crippen LogP contribution in [0, 0.1) is 3.57 Å². The number of benzene rings is 3. The van der Waals surface area contributed by atoms with Crippen molar-refractivity contribution in [3.63, 3.8) is 0 Å². The maximum atomic E-state index is 12.4. The second-order valence-electron chi connectivity index (χ2n) is 9.03. The highest BCUT2D eigenvalue weighted by Gasteiger charge is 2.42. The van der Waals surface area contributed by atoms with Crippen molar-refractivity contribution in [3.05, 3.63) is 132 Å². The van der Waals surface area contributed by atoms with Crippen molar-refractivity contribution in [2.75, 3.05) is 13.7 Å². The Morgan fingerprint density at radius 1 is 0.974 bits per heavy atom. The summed E-state index contributed by atoms with van der Waals surface area (Å²) in [6.45, 7) is 0.0443. The van der Waals surface area contributed by atoms with Crippen LogP contribution in [0.3, 0.4) is 0 Å². The number of aromatic nitrogens is 2. The Morgan fingerprint density at radius 2 is 1.55 bits per heavy atom. The molecule has 1 aromatic heterocycles. The van der Waals surface area contributed by atoms with Crippen molar-refractivity contribution in [3.8, 4) is 5.75 Å². The maximum Gasteiger partial charge on any atom is 0.330 e. The van der Waals surface area contributed by atoms with Gasteiger partial charge in [0, 0.05) is 12.6 Å². The molecule has 5 rings (SSSR count). The number of nitrogens with one attached hydrogen (secondary N) is 1. The van der Waals surface area contributed by atoms with E-state index in [-0.39, 0.29) is 13.0 Å². The highest BCUT2D eigenvalue weighted by Crippen LogP contribution is 2.42. The van der Waals surface area contributed by atoms with Gasteiger partial charge in [0.15, 0.2) is 0 Å². The molecule has 196 valence electrons. The molecular weight excluding hydrogens is 599 g/mol. The minimum Gasteiger partial charge on any atom is -0.497 e. The number of methoxy groups -OCH3 is 1. The topological polar surface area (TPSA) is 103 Å². The Labute approximate surface area is 233 Å². The van der Waals surface area contributed by atoms with Gasteiger partial charge in [-0.3, -0.25) is 14.3 Å². The van der Waals surface area contributed by atoms with Crippen LogP contribution in [0.15, 0.2) is 101 Å². The molecule has 0 bridgehead atoms. The molecule has 4 aromatic rings. The van der Waals surface area contributed by atoms with E-state index in [1.807, 2.05) is 108 Å². The zero-order valence-corrected chi connectivity index (χ0v) is 22.8. The number of rotatable bonds is 8. The quantitative estimate of drug-likeness (QED) is 0.228. The average Bonchev–Trinajstić information content (AvgIpc) is 3.32. The number of hydrogen-bond donors (Lipinski definition) is 2. The molecule has 9 heteroatoms. The van der Waals surface area contributed by atoms with E-state index in [1.54, 1.807) is 7.11 Å². The van der Waals surface area contributed by atoms with Crippen LogP contribution in [0.2, 0.25) is 0 Å². The lowest BCUT2D eigenvalue weighted by molar-refractivity contribution is -0.0944. The third kappa shape index (κ3) is 5.06. The molecular formula is C29H27IN2O6. The molecule has 3 aromatic carbocycles. The number of H-pyrrole nitrogens is 1. The lowest BCUT2D eigenvalue weighted by atomic mass is 9.80. The normalized spacial score (nSPS) is 19.4. The summed E-state index contributed by atoms with van der Waals surface area (Å²) in [4.78, 5) is 26.5. The summed E-state index contributed by atoms with van der Waals surface area (Å²) in [5.41, 5.74) is 0.639. The number of nitrogens with zero attached hydrogens (tertiary/aromatic N) is 1. The van der Waals surface area contributed by atoms with Crippen molar-refractivity contribution >= 4 is 22.6 Å². The summed E-state index contributed by atoms with van der Waals surface area (Å²) in [5.74, 6) is 0.724. The first-order chi connectivity index (χ1) is 18.4.